The third kappa shape index (κ3) is 5.67. The third-order valence-electron chi connectivity index (χ3n) is 6.43. The number of piperidine rings is 1. The molecule has 2 aromatic carbocycles. The Bertz CT molecular complexity index is 1350. The van der Waals surface area contributed by atoms with Crippen molar-refractivity contribution in [2.24, 2.45) is 0 Å². The van der Waals surface area contributed by atoms with Crippen LogP contribution in [0.5, 0.6) is 0 Å². The smallest absolute Gasteiger partial charge is 0.410 e. The molecule has 1 saturated heterocycles. The van der Waals surface area contributed by atoms with Crippen molar-refractivity contribution in [1.29, 1.82) is 0 Å². The lowest BCUT2D eigenvalue weighted by Gasteiger charge is -2.40. The molecule has 0 radical (unpaired) electrons. The van der Waals surface area contributed by atoms with Gasteiger partial charge in [-0.3, -0.25) is 0 Å². The first kappa shape index (κ1) is 25.0. The number of carbonyl (C=O) groups excluding carboxylic acids is 1. The maximum absolute atomic E-state index is 13.4. The second kappa shape index (κ2) is 10.3. The Kier molecular flexibility index (Phi) is 6.98. The number of nitrogens with zero attached hydrogens (tertiary/aromatic N) is 5. The number of amides is 1. The first-order valence-corrected chi connectivity index (χ1v) is 12.8. The van der Waals surface area contributed by atoms with Gasteiger partial charge in [0, 0.05) is 35.4 Å². The zero-order valence-electron chi connectivity index (χ0n) is 21.2. The molecule has 7 nitrogen and oxygen atoms in total. The molecule has 2 unspecified atom stereocenters. The Morgan fingerprint density at radius 2 is 1.68 bits per heavy atom. The fraction of sp³-hybridized carbons (Fsp3) is 0.310. The summed E-state index contributed by atoms with van der Waals surface area (Å²) in [6.45, 7) is 6.17. The predicted octanol–water partition coefficient (Wildman–Crippen LogP) is 6.84. The number of aromatic nitrogens is 4. The van der Waals surface area contributed by atoms with Crippen molar-refractivity contribution in [2.75, 3.05) is 6.54 Å². The van der Waals surface area contributed by atoms with Gasteiger partial charge in [-0.25, -0.2) is 19.4 Å². The van der Waals surface area contributed by atoms with E-state index in [9.17, 15) is 4.79 Å². The normalized spacial score (nSPS) is 18.0. The predicted molar refractivity (Wildman–Crippen MR) is 144 cm³/mol. The summed E-state index contributed by atoms with van der Waals surface area (Å²) in [6.07, 6.45) is 4.76. The molecule has 0 N–H and O–H groups in total. The van der Waals surface area contributed by atoms with Gasteiger partial charge in [0.2, 0.25) is 0 Å². The molecule has 37 heavy (non-hydrogen) atoms. The summed E-state index contributed by atoms with van der Waals surface area (Å²) in [6, 6.07) is 21.5. The molecule has 2 aromatic heterocycles. The summed E-state index contributed by atoms with van der Waals surface area (Å²) < 4.78 is 7.64. The molecule has 4 aromatic rings. The largest absolute Gasteiger partial charge is 0.444 e. The zero-order chi connectivity index (χ0) is 26.0. The van der Waals surface area contributed by atoms with Crippen molar-refractivity contribution in [3.05, 3.63) is 95.4 Å². The lowest BCUT2D eigenvalue weighted by atomic mass is 9.87. The molecule has 3 heterocycles. The van der Waals surface area contributed by atoms with E-state index in [2.05, 4.69) is 28.2 Å². The summed E-state index contributed by atoms with van der Waals surface area (Å²) in [4.78, 5) is 24.2. The molecule has 1 aliphatic heterocycles. The van der Waals surface area contributed by atoms with E-state index in [4.69, 9.17) is 21.4 Å². The maximum Gasteiger partial charge on any atom is 0.410 e. The molecule has 0 spiro atoms. The van der Waals surface area contributed by atoms with E-state index in [0.29, 0.717) is 17.5 Å². The molecule has 0 aliphatic carbocycles. The fourth-order valence-corrected chi connectivity index (χ4v) is 4.89. The molecule has 1 amide bonds. The van der Waals surface area contributed by atoms with Crippen molar-refractivity contribution >= 4 is 17.7 Å². The fourth-order valence-electron chi connectivity index (χ4n) is 4.77. The molecule has 190 valence electrons. The average Bonchev–Trinajstić information content (AvgIpc) is 3.34. The minimum absolute atomic E-state index is 0.0184. The van der Waals surface area contributed by atoms with Crippen LogP contribution in [-0.4, -0.2) is 42.9 Å². The molecular formula is C29H30ClN5O2. The van der Waals surface area contributed by atoms with E-state index >= 15 is 0 Å². The van der Waals surface area contributed by atoms with Crippen LogP contribution in [0.15, 0.2) is 79.1 Å². The van der Waals surface area contributed by atoms with E-state index in [-0.39, 0.29) is 18.1 Å². The van der Waals surface area contributed by atoms with E-state index in [1.807, 2.05) is 68.1 Å². The van der Waals surface area contributed by atoms with Gasteiger partial charge < -0.3 is 9.64 Å². The monoisotopic (exact) mass is 515 g/mol. The second-order valence-electron chi connectivity index (χ2n) is 10.3. The Labute approximate surface area is 222 Å². The number of benzene rings is 2. The van der Waals surface area contributed by atoms with Crippen molar-refractivity contribution in [3.8, 4) is 17.2 Å². The first-order valence-electron chi connectivity index (χ1n) is 12.5. The van der Waals surface area contributed by atoms with Gasteiger partial charge in [-0.1, -0.05) is 54.1 Å². The van der Waals surface area contributed by atoms with Crippen LogP contribution in [0, 0.1) is 0 Å². The Hall–Kier alpha value is -3.71. The van der Waals surface area contributed by atoms with Gasteiger partial charge in [-0.05, 0) is 63.4 Å². The molecular weight excluding hydrogens is 486 g/mol. The van der Waals surface area contributed by atoms with Gasteiger partial charge in [-0.2, -0.15) is 5.10 Å². The van der Waals surface area contributed by atoms with Crippen LogP contribution in [0.25, 0.3) is 17.2 Å². The highest BCUT2D eigenvalue weighted by Gasteiger charge is 2.37. The highest BCUT2D eigenvalue weighted by Crippen LogP contribution is 2.40. The molecule has 0 saturated carbocycles. The number of likely N-dealkylation sites (tertiary alicyclic amines) is 1. The molecule has 1 fully saturated rings. The number of hydrogen-bond donors (Lipinski definition) is 0. The van der Waals surface area contributed by atoms with Crippen LogP contribution in [-0.2, 0) is 4.74 Å². The summed E-state index contributed by atoms with van der Waals surface area (Å²) >= 11 is 6.11. The molecule has 8 heteroatoms. The van der Waals surface area contributed by atoms with Crippen molar-refractivity contribution in [3.63, 3.8) is 0 Å². The quantitative estimate of drug-likeness (QED) is 0.297. The lowest BCUT2D eigenvalue weighted by molar-refractivity contribution is 0.00673. The van der Waals surface area contributed by atoms with E-state index < -0.39 is 5.60 Å². The Balaban J connectivity index is 1.53. The van der Waals surface area contributed by atoms with Gasteiger partial charge in [0.05, 0.1) is 17.4 Å². The van der Waals surface area contributed by atoms with Crippen molar-refractivity contribution in [2.45, 2.75) is 51.2 Å². The minimum Gasteiger partial charge on any atom is -0.444 e. The molecule has 5 rings (SSSR count). The van der Waals surface area contributed by atoms with Crippen LogP contribution in [0.1, 0.15) is 56.8 Å². The highest BCUT2D eigenvalue weighted by atomic mass is 35.5. The lowest BCUT2D eigenvalue weighted by Crippen LogP contribution is -2.44. The van der Waals surface area contributed by atoms with Gasteiger partial charge in [0.15, 0.2) is 0 Å². The maximum atomic E-state index is 13.4. The number of halogens is 1. The SMILES string of the molecule is CC(C)(C)OC(=O)N1CC(c2cc(-c3ccc(Cl)cc3)nn2-c2ncccn2)CCC1c1ccccc1. The van der Waals surface area contributed by atoms with Gasteiger partial charge in [-0.15, -0.1) is 0 Å². The van der Waals surface area contributed by atoms with Crippen LogP contribution < -0.4 is 0 Å². The first-order chi connectivity index (χ1) is 17.8. The highest BCUT2D eigenvalue weighted by molar-refractivity contribution is 6.30. The van der Waals surface area contributed by atoms with Crippen molar-refractivity contribution in [1.82, 2.24) is 24.6 Å². The third-order valence-corrected chi connectivity index (χ3v) is 6.68. The van der Waals surface area contributed by atoms with E-state index in [1.165, 1.54) is 0 Å². The van der Waals surface area contributed by atoms with E-state index in [0.717, 1.165) is 35.4 Å². The van der Waals surface area contributed by atoms with Gasteiger partial charge in [0.25, 0.3) is 5.95 Å². The minimum atomic E-state index is -0.591. The second-order valence-corrected chi connectivity index (χ2v) is 10.7. The summed E-state index contributed by atoms with van der Waals surface area (Å²) in [7, 11) is 0. The number of carbonyl (C=O) groups is 1. The van der Waals surface area contributed by atoms with E-state index in [1.54, 1.807) is 23.1 Å². The zero-order valence-corrected chi connectivity index (χ0v) is 22.0. The summed E-state index contributed by atoms with van der Waals surface area (Å²) in [5.41, 5.74) is 3.22. The van der Waals surface area contributed by atoms with Crippen molar-refractivity contribution < 1.29 is 9.53 Å². The van der Waals surface area contributed by atoms with Gasteiger partial charge >= 0.3 is 6.09 Å². The Morgan fingerprint density at radius 1 is 0.973 bits per heavy atom. The Morgan fingerprint density at radius 3 is 2.35 bits per heavy atom. The van der Waals surface area contributed by atoms with Crippen LogP contribution in [0.4, 0.5) is 4.79 Å². The summed E-state index contributed by atoms with van der Waals surface area (Å²) in [5, 5.41) is 5.54. The van der Waals surface area contributed by atoms with Crippen LogP contribution in [0.3, 0.4) is 0 Å². The topological polar surface area (TPSA) is 73.1 Å². The van der Waals surface area contributed by atoms with Crippen LogP contribution in [0.2, 0.25) is 5.02 Å². The number of ether oxygens (including phenoxy) is 1. The molecule has 1 aliphatic rings. The summed E-state index contributed by atoms with van der Waals surface area (Å²) in [5.74, 6) is 0.511. The molecule has 2 atom stereocenters. The molecule has 0 bridgehead atoms. The standard InChI is InChI=1S/C29H30ClN5O2/c1-29(2,3)37-28(36)34-19-22(12-15-25(34)21-8-5-4-6-9-21)26-18-24(20-10-13-23(30)14-11-20)33-35(26)27-31-16-7-17-32-27/h4-11,13-14,16-18,22,25H,12,15,19H2,1-3H3. The number of hydrogen-bond acceptors (Lipinski definition) is 5. The van der Waals surface area contributed by atoms with Gasteiger partial charge in [0.1, 0.15) is 5.60 Å². The van der Waals surface area contributed by atoms with Crippen LogP contribution >= 0.6 is 11.6 Å². The average molecular weight is 516 g/mol. The number of rotatable bonds is 4.